The second kappa shape index (κ2) is 4.94. The van der Waals surface area contributed by atoms with Gasteiger partial charge in [-0.05, 0) is 29.8 Å². The van der Waals surface area contributed by atoms with Gasteiger partial charge in [-0.25, -0.2) is 4.39 Å². The molecule has 2 aromatic rings. The van der Waals surface area contributed by atoms with Crippen molar-refractivity contribution in [3.8, 4) is 5.75 Å². The summed E-state index contributed by atoms with van der Waals surface area (Å²) in [6.07, 6.45) is -0.407. The lowest BCUT2D eigenvalue weighted by Gasteiger charge is -2.30. The van der Waals surface area contributed by atoms with Crippen LogP contribution < -0.4 is 4.74 Å². The lowest BCUT2D eigenvalue weighted by Crippen LogP contribution is -2.19. The van der Waals surface area contributed by atoms with Gasteiger partial charge in [0.25, 0.3) is 0 Å². The van der Waals surface area contributed by atoms with Crippen molar-refractivity contribution in [3.05, 3.63) is 63.9 Å². The van der Waals surface area contributed by atoms with E-state index in [1.165, 1.54) is 12.1 Å². The van der Waals surface area contributed by atoms with Gasteiger partial charge >= 0.3 is 0 Å². The highest BCUT2D eigenvalue weighted by atomic mass is 79.9. The summed E-state index contributed by atoms with van der Waals surface area (Å²) in [5.41, 5.74) is 1.62. The highest BCUT2D eigenvalue weighted by molar-refractivity contribution is 9.10. The van der Waals surface area contributed by atoms with Gasteiger partial charge in [0, 0.05) is 22.5 Å². The molecule has 2 atom stereocenters. The molecular weight excluding hydrogens is 311 g/mol. The van der Waals surface area contributed by atoms with Crippen molar-refractivity contribution in [2.45, 2.75) is 18.6 Å². The van der Waals surface area contributed by atoms with Gasteiger partial charge in [0.2, 0.25) is 0 Å². The van der Waals surface area contributed by atoms with Gasteiger partial charge in [-0.1, -0.05) is 28.1 Å². The van der Waals surface area contributed by atoms with Crippen LogP contribution in [-0.4, -0.2) is 5.11 Å². The van der Waals surface area contributed by atoms with E-state index >= 15 is 0 Å². The molecule has 0 fully saturated rings. The molecule has 3 rings (SSSR count). The average molecular weight is 323 g/mol. The summed E-state index contributed by atoms with van der Waals surface area (Å²) in [6.45, 7) is 0. The first-order chi connectivity index (χ1) is 9.13. The zero-order chi connectivity index (χ0) is 13.4. The third-order valence-corrected chi connectivity index (χ3v) is 3.81. The third kappa shape index (κ3) is 2.51. The number of hydrogen-bond acceptors (Lipinski definition) is 2. The van der Waals surface area contributed by atoms with Crippen molar-refractivity contribution < 1.29 is 14.2 Å². The van der Waals surface area contributed by atoms with Crippen molar-refractivity contribution in [2.24, 2.45) is 0 Å². The average Bonchev–Trinajstić information content (AvgIpc) is 2.38. The van der Waals surface area contributed by atoms with Crippen LogP contribution in [0.4, 0.5) is 4.39 Å². The van der Waals surface area contributed by atoms with Crippen LogP contribution in [0.3, 0.4) is 0 Å². The molecule has 4 heteroatoms. The van der Waals surface area contributed by atoms with Crippen molar-refractivity contribution in [2.75, 3.05) is 0 Å². The summed E-state index contributed by atoms with van der Waals surface area (Å²) in [5, 5.41) is 10.1. The van der Waals surface area contributed by atoms with E-state index in [0.717, 1.165) is 10.0 Å². The molecule has 0 aliphatic carbocycles. The molecule has 19 heavy (non-hydrogen) atoms. The Hall–Kier alpha value is -1.39. The SMILES string of the molecule is O[C@H]1CC(c2ccc(Br)cc2)Oc2cc(F)ccc21. The van der Waals surface area contributed by atoms with E-state index in [4.69, 9.17) is 4.74 Å². The van der Waals surface area contributed by atoms with E-state index in [1.54, 1.807) is 6.07 Å². The molecule has 1 N–H and O–H groups in total. The van der Waals surface area contributed by atoms with Gasteiger partial charge in [-0.15, -0.1) is 0 Å². The van der Waals surface area contributed by atoms with Crippen LogP contribution in [0.25, 0.3) is 0 Å². The number of ether oxygens (including phenoxy) is 1. The molecule has 0 saturated carbocycles. The fourth-order valence-electron chi connectivity index (χ4n) is 2.30. The molecule has 2 nitrogen and oxygen atoms in total. The maximum absolute atomic E-state index is 13.2. The Morgan fingerprint density at radius 3 is 2.63 bits per heavy atom. The lowest BCUT2D eigenvalue weighted by molar-refractivity contribution is 0.0654. The summed E-state index contributed by atoms with van der Waals surface area (Å²) in [6, 6.07) is 12.0. The predicted molar refractivity (Wildman–Crippen MR) is 73.5 cm³/mol. The minimum atomic E-state index is -0.627. The molecule has 0 saturated heterocycles. The largest absolute Gasteiger partial charge is 0.485 e. The Morgan fingerprint density at radius 1 is 1.16 bits per heavy atom. The number of halogens is 2. The second-order valence-corrected chi connectivity index (χ2v) is 5.51. The second-order valence-electron chi connectivity index (χ2n) is 4.59. The Balaban J connectivity index is 1.93. The molecular formula is C15H12BrFO2. The van der Waals surface area contributed by atoms with E-state index in [1.807, 2.05) is 24.3 Å². The van der Waals surface area contributed by atoms with Crippen LogP contribution in [-0.2, 0) is 0 Å². The number of rotatable bonds is 1. The van der Waals surface area contributed by atoms with Crippen LogP contribution in [0.15, 0.2) is 46.9 Å². The molecule has 0 bridgehead atoms. The molecule has 98 valence electrons. The number of fused-ring (bicyclic) bond motifs is 1. The first-order valence-corrected chi connectivity index (χ1v) is 6.82. The molecule has 0 radical (unpaired) electrons. The molecule has 0 amide bonds. The number of benzene rings is 2. The van der Waals surface area contributed by atoms with E-state index in [9.17, 15) is 9.50 Å². The Bertz CT molecular complexity index is 598. The van der Waals surface area contributed by atoms with Gasteiger partial charge in [0.05, 0.1) is 6.10 Å². The van der Waals surface area contributed by atoms with Crippen molar-refractivity contribution >= 4 is 15.9 Å². The Kier molecular flexibility index (Phi) is 3.29. The van der Waals surface area contributed by atoms with E-state index in [-0.39, 0.29) is 11.9 Å². The summed E-state index contributed by atoms with van der Waals surface area (Å²) in [5.74, 6) is 0.0640. The number of aliphatic hydroxyl groups is 1. The fourth-order valence-corrected chi connectivity index (χ4v) is 2.56. The zero-order valence-corrected chi connectivity index (χ0v) is 11.6. The first-order valence-electron chi connectivity index (χ1n) is 6.03. The Morgan fingerprint density at radius 2 is 1.89 bits per heavy atom. The molecule has 1 aliphatic rings. The normalized spacial score (nSPS) is 21.6. The van der Waals surface area contributed by atoms with E-state index < -0.39 is 6.10 Å². The smallest absolute Gasteiger partial charge is 0.128 e. The number of aliphatic hydroxyl groups excluding tert-OH is 1. The predicted octanol–water partition coefficient (Wildman–Crippen LogP) is 4.15. The monoisotopic (exact) mass is 322 g/mol. The van der Waals surface area contributed by atoms with Crippen LogP contribution in [0.2, 0.25) is 0 Å². The van der Waals surface area contributed by atoms with Crippen LogP contribution in [0.5, 0.6) is 5.75 Å². The molecule has 2 aromatic carbocycles. The third-order valence-electron chi connectivity index (χ3n) is 3.28. The van der Waals surface area contributed by atoms with Gasteiger partial charge in [0.1, 0.15) is 17.7 Å². The molecule has 1 heterocycles. The van der Waals surface area contributed by atoms with Crippen LogP contribution in [0, 0.1) is 5.82 Å². The van der Waals surface area contributed by atoms with Gasteiger partial charge in [-0.3, -0.25) is 0 Å². The van der Waals surface area contributed by atoms with Crippen molar-refractivity contribution in [1.29, 1.82) is 0 Å². The van der Waals surface area contributed by atoms with E-state index in [0.29, 0.717) is 17.7 Å². The lowest BCUT2D eigenvalue weighted by atomic mass is 9.95. The molecule has 1 aliphatic heterocycles. The van der Waals surface area contributed by atoms with Crippen molar-refractivity contribution in [3.63, 3.8) is 0 Å². The minimum Gasteiger partial charge on any atom is -0.485 e. The van der Waals surface area contributed by atoms with Crippen LogP contribution in [0.1, 0.15) is 29.8 Å². The van der Waals surface area contributed by atoms with Gasteiger partial charge < -0.3 is 9.84 Å². The summed E-state index contributed by atoms with van der Waals surface area (Å²) >= 11 is 3.38. The standard InChI is InChI=1S/C15H12BrFO2/c16-10-3-1-9(2-4-10)14-8-13(18)12-6-5-11(17)7-15(12)19-14/h1-7,13-14,18H,8H2/t13-,14?/m0/s1. The van der Waals surface area contributed by atoms with Gasteiger partial charge in [-0.2, -0.15) is 0 Å². The van der Waals surface area contributed by atoms with Crippen LogP contribution >= 0.6 is 15.9 Å². The Labute approximate surface area is 119 Å². The highest BCUT2D eigenvalue weighted by Gasteiger charge is 2.28. The highest BCUT2D eigenvalue weighted by Crippen LogP contribution is 2.41. The fraction of sp³-hybridized carbons (Fsp3) is 0.200. The summed E-state index contributed by atoms with van der Waals surface area (Å²) in [7, 11) is 0. The minimum absolute atomic E-state index is 0.252. The summed E-state index contributed by atoms with van der Waals surface area (Å²) < 4.78 is 20.0. The van der Waals surface area contributed by atoms with E-state index in [2.05, 4.69) is 15.9 Å². The maximum Gasteiger partial charge on any atom is 0.128 e. The van der Waals surface area contributed by atoms with Crippen molar-refractivity contribution in [1.82, 2.24) is 0 Å². The molecule has 0 aromatic heterocycles. The first kappa shape index (κ1) is 12.6. The topological polar surface area (TPSA) is 29.5 Å². The number of hydrogen-bond donors (Lipinski definition) is 1. The maximum atomic E-state index is 13.2. The molecule has 0 spiro atoms. The quantitative estimate of drug-likeness (QED) is 0.854. The zero-order valence-electron chi connectivity index (χ0n) is 10.0. The van der Waals surface area contributed by atoms with Gasteiger partial charge in [0.15, 0.2) is 0 Å². The summed E-state index contributed by atoms with van der Waals surface area (Å²) in [4.78, 5) is 0. The molecule has 1 unspecified atom stereocenters.